The number of H-pyrrole nitrogens is 1. The Morgan fingerprint density at radius 3 is 2.48 bits per heavy atom. The molecule has 0 atom stereocenters. The molecule has 146 valence electrons. The number of ether oxygens (including phenoxy) is 1. The first kappa shape index (κ1) is 19.4. The monoisotopic (exact) mass is 424 g/mol. The van der Waals surface area contributed by atoms with Crippen LogP contribution in [0.15, 0.2) is 60.8 Å². The van der Waals surface area contributed by atoms with Crippen molar-refractivity contribution in [2.45, 2.75) is 13.8 Å². The summed E-state index contributed by atoms with van der Waals surface area (Å²) in [7, 11) is 0. The van der Waals surface area contributed by atoms with E-state index in [4.69, 9.17) is 27.9 Å². The maximum absolute atomic E-state index is 12.9. The van der Waals surface area contributed by atoms with Crippen molar-refractivity contribution < 1.29 is 9.53 Å². The maximum atomic E-state index is 12.9. The molecule has 1 amide bonds. The van der Waals surface area contributed by atoms with Crippen LogP contribution in [0.3, 0.4) is 0 Å². The van der Waals surface area contributed by atoms with E-state index in [1.165, 1.54) is 0 Å². The molecule has 0 saturated carbocycles. The van der Waals surface area contributed by atoms with Gasteiger partial charge >= 0.3 is 0 Å². The lowest BCUT2D eigenvalue weighted by Gasteiger charge is -2.11. The largest absolute Gasteiger partial charge is 0.456 e. The minimum atomic E-state index is -0.206. The number of aromatic nitrogens is 1. The predicted molar refractivity (Wildman–Crippen MR) is 119 cm³/mol. The van der Waals surface area contributed by atoms with Crippen molar-refractivity contribution in [2.24, 2.45) is 0 Å². The number of carbonyl (C=O) groups is 1. The topological polar surface area (TPSA) is 54.1 Å². The Bertz CT molecular complexity index is 1210. The highest BCUT2D eigenvalue weighted by atomic mass is 35.5. The molecule has 4 nitrogen and oxygen atoms in total. The Morgan fingerprint density at radius 2 is 1.76 bits per heavy atom. The fraction of sp³-hybridized carbons (Fsp3) is 0.0870. The van der Waals surface area contributed by atoms with Crippen LogP contribution >= 0.6 is 23.2 Å². The predicted octanol–water partition coefficient (Wildman–Crippen LogP) is 7.14. The van der Waals surface area contributed by atoms with Crippen molar-refractivity contribution in [1.82, 2.24) is 4.98 Å². The minimum Gasteiger partial charge on any atom is -0.456 e. The number of amides is 1. The summed E-state index contributed by atoms with van der Waals surface area (Å²) in [6.45, 7) is 3.99. The molecule has 2 N–H and O–H groups in total. The van der Waals surface area contributed by atoms with Crippen LogP contribution in [0.25, 0.3) is 10.9 Å². The van der Waals surface area contributed by atoms with Crippen LogP contribution in [-0.2, 0) is 0 Å². The second kappa shape index (κ2) is 7.82. The molecule has 0 radical (unpaired) electrons. The number of benzene rings is 3. The molecule has 0 saturated heterocycles. The highest BCUT2D eigenvalue weighted by molar-refractivity contribution is 6.32. The number of aromatic amines is 1. The van der Waals surface area contributed by atoms with Crippen LogP contribution in [0.5, 0.6) is 11.5 Å². The quantitative estimate of drug-likeness (QED) is 0.365. The molecule has 0 spiro atoms. The number of fused-ring (bicyclic) bond motifs is 1. The van der Waals surface area contributed by atoms with Crippen molar-refractivity contribution in [3.63, 3.8) is 0 Å². The van der Waals surface area contributed by atoms with Gasteiger partial charge in [-0.05, 0) is 79.6 Å². The zero-order valence-electron chi connectivity index (χ0n) is 15.8. The van der Waals surface area contributed by atoms with Crippen molar-refractivity contribution in [3.8, 4) is 11.5 Å². The van der Waals surface area contributed by atoms with Crippen molar-refractivity contribution >= 4 is 45.7 Å². The summed E-state index contributed by atoms with van der Waals surface area (Å²) in [6.07, 6.45) is 1.90. The molecule has 29 heavy (non-hydrogen) atoms. The smallest absolute Gasteiger partial charge is 0.257 e. The summed E-state index contributed by atoms with van der Waals surface area (Å²) < 4.78 is 5.78. The molecule has 1 aromatic heterocycles. The Labute approximate surface area is 178 Å². The van der Waals surface area contributed by atoms with E-state index in [1.54, 1.807) is 42.5 Å². The number of anilines is 1. The van der Waals surface area contributed by atoms with Crippen molar-refractivity contribution in [2.75, 3.05) is 5.32 Å². The first-order valence-electron chi connectivity index (χ1n) is 9.03. The molecular weight excluding hydrogens is 407 g/mol. The Morgan fingerprint density at radius 1 is 1.00 bits per heavy atom. The summed E-state index contributed by atoms with van der Waals surface area (Å²) in [5, 5.41) is 4.97. The summed E-state index contributed by atoms with van der Waals surface area (Å²) >= 11 is 12.2. The van der Waals surface area contributed by atoms with E-state index in [1.807, 2.05) is 26.1 Å². The van der Waals surface area contributed by atoms with E-state index < -0.39 is 0 Å². The van der Waals surface area contributed by atoms with Gasteiger partial charge < -0.3 is 15.0 Å². The fourth-order valence-corrected chi connectivity index (χ4v) is 3.52. The SMILES string of the molecule is Cc1cc(C(=O)Nc2ccc(Oc3ccc(Cl)cc3)c(Cl)c2)c2[nH]cc(C)c2c1. The van der Waals surface area contributed by atoms with Crippen molar-refractivity contribution in [1.29, 1.82) is 0 Å². The molecule has 0 aliphatic carbocycles. The number of halogens is 2. The number of hydrogen-bond acceptors (Lipinski definition) is 2. The first-order chi connectivity index (χ1) is 13.9. The Hall–Kier alpha value is -2.95. The van der Waals surface area contributed by atoms with Crippen LogP contribution in [0.2, 0.25) is 10.0 Å². The zero-order valence-corrected chi connectivity index (χ0v) is 17.4. The lowest BCUT2D eigenvalue weighted by molar-refractivity contribution is 0.102. The van der Waals surface area contributed by atoms with Crippen LogP contribution < -0.4 is 10.1 Å². The first-order valence-corrected chi connectivity index (χ1v) is 9.79. The summed E-state index contributed by atoms with van der Waals surface area (Å²) in [6, 6.07) is 16.1. The summed E-state index contributed by atoms with van der Waals surface area (Å²) in [4.78, 5) is 16.1. The standard InChI is InChI=1S/C23H18Cl2N2O2/c1-13-9-18-14(2)12-26-22(18)19(10-13)23(28)27-16-5-8-21(20(25)11-16)29-17-6-3-15(24)4-7-17/h3-12,26H,1-2H3,(H,27,28). The third-order valence-electron chi connectivity index (χ3n) is 4.62. The van der Waals surface area contributed by atoms with Gasteiger partial charge in [0.1, 0.15) is 11.5 Å². The van der Waals surface area contributed by atoms with Crippen LogP contribution in [0.4, 0.5) is 5.69 Å². The van der Waals surface area contributed by atoms with Gasteiger partial charge in [-0.3, -0.25) is 4.79 Å². The average molecular weight is 425 g/mol. The molecule has 0 fully saturated rings. The van der Waals surface area contributed by atoms with Gasteiger partial charge in [-0.15, -0.1) is 0 Å². The Balaban J connectivity index is 1.56. The van der Waals surface area contributed by atoms with Crippen LogP contribution in [0, 0.1) is 13.8 Å². The van der Waals surface area contributed by atoms with E-state index >= 15 is 0 Å². The fourth-order valence-electron chi connectivity index (χ4n) is 3.18. The minimum absolute atomic E-state index is 0.206. The van der Waals surface area contributed by atoms with Gasteiger partial charge in [0.15, 0.2) is 0 Å². The van der Waals surface area contributed by atoms with E-state index in [2.05, 4.69) is 16.4 Å². The van der Waals surface area contributed by atoms with Crippen LogP contribution in [0.1, 0.15) is 21.5 Å². The molecular formula is C23H18Cl2N2O2. The van der Waals surface area contributed by atoms with E-state index in [-0.39, 0.29) is 5.91 Å². The average Bonchev–Trinajstić information content (AvgIpc) is 3.05. The van der Waals surface area contributed by atoms with E-state index in [0.717, 1.165) is 22.0 Å². The zero-order chi connectivity index (χ0) is 20.5. The molecule has 4 rings (SSSR count). The van der Waals surface area contributed by atoms with Gasteiger partial charge in [-0.25, -0.2) is 0 Å². The van der Waals surface area contributed by atoms with Gasteiger partial charge in [0.2, 0.25) is 0 Å². The highest BCUT2D eigenvalue weighted by Crippen LogP contribution is 2.32. The van der Waals surface area contributed by atoms with Gasteiger partial charge in [0.05, 0.1) is 16.1 Å². The molecule has 4 aromatic rings. The second-order valence-electron chi connectivity index (χ2n) is 6.86. The summed E-state index contributed by atoms with van der Waals surface area (Å²) in [5.41, 5.74) is 4.12. The lowest BCUT2D eigenvalue weighted by atomic mass is 10.0. The number of hydrogen-bond donors (Lipinski definition) is 2. The van der Waals surface area contributed by atoms with Crippen LogP contribution in [-0.4, -0.2) is 10.9 Å². The van der Waals surface area contributed by atoms with E-state index in [9.17, 15) is 4.79 Å². The van der Waals surface area contributed by atoms with Gasteiger partial charge in [0, 0.05) is 22.3 Å². The second-order valence-corrected chi connectivity index (χ2v) is 7.71. The molecule has 0 aliphatic rings. The highest BCUT2D eigenvalue weighted by Gasteiger charge is 2.15. The molecule has 3 aromatic carbocycles. The number of rotatable bonds is 4. The third-order valence-corrected chi connectivity index (χ3v) is 5.16. The number of carbonyl (C=O) groups excluding carboxylic acids is 1. The number of nitrogens with one attached hydrogen (secondary N) is 2. The summed E-state index contributed by atoms with van der Waals surface area (Å²) in [5.74, 6) is 0.908. The van der Waals surface area contributed by atoms with Gasteiger partial charge in [-0.1, -0.05) is 23.2 Å². The van der Waals surface area contributed by atoms with E-state index in [0.29, 0.717) is 32.8 Å². The molecule has 0 aliphatic heterocycles. The molecule has 1 heterocycles. The number of aryl methyl sites for hydroxylation is 2. The van der Waals surface area contributed by atoms with Gasteiger partial charge in [0.25, 0.3) is 5.91 Å². The molecule has 0 unspecified atom stereocenters. The lowest BCUT2D eigenvalue weighted by Crippen LogP contribution is -2.12. The Kier molecular flexibility index (Phi) is 5.22. The maximum Gasteiger partial charge on any atom is 0.257 e. The molecule has 6 heteroatoms. The van der Waals surface area contributed by atoms with Crippen molar-refractivity contribution in [3.05, 3.63) is 87.5 Å². The normalized spacial score (nSPS) is 10.9. The van der Waals surface area contributed by atoms with Gasteiger partial charge in [-0.2, -0.15) is 0 Å². The molecule has 0 bridgehead atoms. The third kappa shape index (κ3) is 4.09.